The number of nitrogens with one attached hydrogen (secondary N) is 1. The van der Waals surface area contributed by atoms with Crippen LogP contribution in [0.5, 0.6) is 0 Å². The first-order chi connectivity index (χ1) is 8.29. The smallest absolute Gasteiger partial charge is 0.141 e. The van der Waals surface area contributed by atoms with Crippen LogP contribution in [0.3, 0.4) is 0 Å². The second kappa shape index (κ2) is 4.30. The maximum atomic E-state index is 4.80. The summed E-state index contributed by atoms with van der Waals surface area (Å²) in [5, 5.41) is 3.58. The molecule has 0 aliphatic carbocycles. The fourth-order valence-corrected chi connectivity index (χ4v) is 2.10. The average molecular weight is 245 g/mol. The summed E-state index contributed by atoms with van der Waals surface area (Å²) in [4.78, 5) is 4.80. The summed E-state index contributed by atoms with van der Waals surface area (Å²) in [7, 11) is 0. The number of anilines is 1. The van der Waals surface area contributed by atoms with Gasteiger partial charge in [-0.3, -0.25) is 4.40 Å². The van der Waals surface area contributed by atoms with E-state index in [1.165, 1.54) is 5.56 Å². The van der Waals surface area contributed by atoms with Gasteiger partial charge in [0.25, 0.3) is 0 Å². The summed E-state index contributed by atoms with van der Waals surface area (Å²) in [6, 6.07) is 4.18. The molecular weight excluding hydrogens is 222 g/mol. The Morgan fingerprint density at radius 1 is 1.28 bits per heavy atom. The molecule has 0 aliphatic heterocycles. The third-order valence-electron chi connectivity index (χ3n) is 2.91. The Morgan fingerprint density at radius 2 is 1.94 bits per heavy atom. The predicted octanol–water partition coefficient (Wildman–Crippen LogP) is 3.98. The lowest BCUT2D eigenvalue weighted by Crippen LogP contribution is -2.27. The molecule has 2 heterocycles. The molecule has 3 nitrogen and oxygen atoms in total. The number of fused-ring (bicyclic) bond motifs is 1. The van der Waals surface area contributed by atoms with Crippen molar-refractivity contribution in [3.05, 3.63) is 29.6 Å². The van der Waals surface area contributed by atoms with E-state index >= 15 is 0 Å². The molecule has 3 heteroatoms. The van der Waals surface area contributed by atoms with Crippen molar-refractivity contribution in [2.45, 2.75) is 53.0 Å². The van der Waals surface area contributed by atoms with Gasteiger partial charge in [-0.15, -0.1) is 0 Å². The van der Waals surface area contributed by atoms with E-state index in [9.17, 15) is 0 Å². The molecule has 0 bridgehead atoms. The monoisotopic (exact) mass is 245 g/mol. The van der Waals surface area contributed by atoms with E-state index in [-0.39, 0.29) is 5.54 Å². The van der Waals surface area contributed by atoms with Crippen LogP contribution in [0.15, 0.2) is 18.3 Å². The molecule has 0 saturated carbocycles. The minimum Gasteiger partial charge on any atom is -0.365 e. The highest BCUT2D eigenvalue weighted by Gasteiger charge is 2.20. The Bertz CT molecular complexity index is 559. The van der Waals surface area contributed by atoms with Gasteiger partial charge in [-0.1, -0.05) is 19.9 Å². The molecule has 18 heavy (non-hydrogen) atoms. The van der Waals surface area contributed by atoms with Crippen molar-refractivity contribution in [3.63, 3.8) is 0 Å². The molecule has 0 aliphatic rings. The summed E-state index contributed by atoms with van der Waals surface area (Å²) in [6.45, 7) is 13.0. The lowest BCUT2D eigenvalue weighted by atomic mass is 10.1. The molecule has 0 amide bonds. The fourth-order valence-electron chi connectivity index (χ4n) is 2.10. The van der Waals surface area contributed by atoms with E-state index in [1.54, 1.807) is 0 Å². The molecule has 98 valence electrons. The molecule has 1 N–H and O–H groups in total. The number of nitrogens with zero attached hydrogens (tertiary/aromatic N) is 2. The van der Waals surface area contributed by atoms with Crippen molar-refractivity contribution in [2.24, 2.45) is 0 Å². The van der Waals surface area contributed by atoms with E-state index in [4.69, 9.17) is 4.98 Å². The lowest BCUT2D eigenvalue weighted by molar-refractivity contribution is 0.626. The van der Waals surface area contributed by atoms with Gasteiger partial charge in [-0.2, -0.15) is 0 Å². The minimum absolute atomic E-state index is 0.0311. The molecule has 2 rings (SSSR count). The molecule has 2 aromatic heterocycles. The standard InChI is InChI=1S/C15H23N3/c1-10(2)12-14(17-15(4,5)6)18-9-7-8-11(3)13(18)16-12/h7-10,17H,1-6H3. The maximum Gasteiger partial charge on any atom is 0.141 e. The first-order valence-electron chi connectivity index (χ1n) is 6.55. The quantitative estimate of drug-likeness (QED) is 0.867. The molecular formula is C15H23N3. The van der Waals surface area contributed by atoms with E-state index in [1.807, 2.05) is 0 Å². The van der Waals surface area contributed by atoms with Crippen LogP contribution in [0.25, 0.3) is 5.65 Å². The van der Waals surface area contributed by atoms with Gasteiger partial charge in [-0.05, 0) is 45.2 Å². The van der Waals surface area contributed by atoms with E-state index in [2.05, 4.69) is 69.6 Å². The second-order valence-electron chi connectivity index (χ2n) is 6.26. The first kappa shape index (κ1) is 12.9. The summed E-state index contributed by atoms with van der Waals surface area (Å²) < 4.78 is 2.16. The van der Waals surface area contributed by atoms with E-state index in [0.717, 1.165) is 17.2 Å². The number of hydrogen-bond acceptors (Lipinski definition) is 2. The largest absolute Gasteiger partial charge is 0.365 e. The van der Waals surface area contributed by atoms with E-state index < -0.39 is 0 Å². The van der Waals surface area contributed by atoms with E-state index in [0.29, 0.717) is 5.92 Å². The topological polar surface area (TPSA) is 29.3 Å². The molecule has 0 fully saturated rings. The Labute approximate surface area is 109 Å². The van der Waals surface area contributed by atoms with Crippen molar-refractivity contribution < 1.29 is 0 Å². The molecule has 0 unspecified atom stereocenters. The Balaban J connectivity index is 2.67. The van der Waals surface area contributed by atoms with Gasteiger partial charge in [0, 0.05) is 11.7 Å². The molecule has 0 radical (unpaired) electrons. The summed E-state index contributed by atoms with van der Waals surface area (Å²) in [5.74, 6) is 1.53. The van der Waals surface area contributed by atoms with Crippen LogP contribution in [0.2, 0.25) is 0 Å². The van der Waals surface area contributed by atoms with Crippen molar-refractivity contribution in [1.82, 2.24) is 9.38 Å². The maximum absolute atomic E-state index is 4.80. The van der Waals surface area contributed by atoms with Crippen LogP contribution >= 0.6 is 0 Å². The van der Waals surface area contributed by atoms with Crippen molar-refractivity contribution in [1.29, 1.82) is 0 Å². The van der Waals surface area contributed by atoms with Gasteiger partial charge < -0.3 is 5.32 Å². The van der Waals surface area contributed by atoms with Gasteiger partial charge >= 0.3 is 0 Å². The van der Waals surface area contributed by atoms with Crippen molar-refractivity contribution in [3.8, 4) is 0 Å². The predicted molar refractivity (Wildman–Crippen MR) is 77.4 cm³/mol. The highest BCUT2D eigenvalue weighted by molar-refractivity contribution is 5.60. The van der Waals surface area contributed by atoms with Crippen LogP contribution in [-0.4, -0.2) is 14.9 Å². The second-order valence-corrected chi connectivity index (χ2v) is 6.26. The average Bonchev–Trinajstić information content (AvgIpc) is 2.57. The molecule has 0 atom stereocenters. The number of imidazole rings is 1. The molecule has 0 saturated heterocycles. The van der Waals surface area contributed by atoms with Gasteiger partial charge in [0.05, 0.1) is 5.69 Å². The van der Waals surface area contributed by atoms with Gasteiger partial charge in [-0.25, -0.2) is 4.98 Å². The van der Waals surface area contributed by atoms with Crippen LogP contribution < -0.4 is 5.32 Å². The van der Waals surface area contributed by atoms with Gasteiger partial charge in [0.2, 0.25) is 0 Å². The minimum atomic E-state index is 0.0311. The first-order valence-corrected chi connectivity index (χ1v) is 6.55. The van der Waals surface area contributed by atoms with Crippen LogP contribution in [0.4, 0.5) is 5.82 Å². The van der Waals surface area contributed by atoms with Gasteiger partial charge in [0.15, 0.2) is 0 Å². The Hall–Kier alpha value is -1.51. The number of pyridine rings is 1. The lowest BCUT2D eigenvalue weighted by Gasteiger charge is -2.23. The normalized spacial score (nSPS) is 12.4. The van der Waals surface area contributed by atoms with Crippen molar-refractivity contribution >= 4 is 11.5 Å². The zero-order chi connectivity index (χ0) is 13.5. The number of aromatic nitrogens is 2. The third-order valence-corrected chi connectivity index (χ3v) is 2.91. The zero-order valence-electron chi connectivity index (χ0n) is 12.2. The molecule has 2 aromatic rings. The van der Waals surface area contributed by atoms with Crippen molar-refractivity contribution in [2.75, 3.05) is 5.32 Å². The fraction of sp³-hybridized carbons (Fsp3) is 0.533. The number of aryl methyl sites for hydroxylation is 1. The highest BCUT2D eigenvalue weighted by Crippen LogP contribution is 2.28. The number of hydrogen-bond donors (Lipinski definition) is 1. The SMILES string of the molecule is Cc1cccn2c(NC(C)(C)C)c(C(C)C)nc12. The van der Waals surface area contributed by atoms with Crippen LogP contribution in [0.1, 0.15) is 51.8 Å². The van der Waals surface area contributed by atoms with Crippen LogP contribution in [0, 0.1) is 6.92 Å². The highest BCUT2D eigenvalue weighted by atomic mass is 15.2. The molecule has 0 spiro atoms. The summed E-state index contributed by atoms with van der Waals surface area (Å²) in [6.07, 6.45) is 2.08. The Morgan fingerprint density at radius 3 is 2.50 bits per heavy atom. The van der Waals surface area contributed by atoms with Gasteiger partial charge in [0.1, 0.15) is 11.5 Å². The number of rotatable bonds is 2. The third kappa shape index (κ3) is 2.35. The zero-order valence-corrected chi connectivity index (χ0v) is 12.2. The van der Waals surface area contributed by atoms with Crippen LogP contribution in [-0.2, 0) is 0 Å². The Kier molecular flexibility index (Phi) is 3.09. The molecule has 0 aromatic carbocycles. The summed E-state index contributed by atoms with van der Waals surface area (Å²) in [5.41, 5.74) is 3.43. The summed E-state index contributed by atoms with van der Waals surface area (Å²) >= 11 is 0.